The molecule has 0 N–H and O–H groups in total. The fourth-order valence-electron chi connectivity index (χ4n) is 9.10. The molecule has 1 aromatic carbocycles. The quantitative estimate of drug-likeness (QED) is 0.303. The van der Waals surface area contributed by atoms with Crippen molar-refractivity contribution in [1.82, 2.24) is 0 Å². The van der Waals surface area contributed by atoms with Crippen LogP contribution in [-0.4, -0.2) is 25.4 Å². The molecule has 1 saturated heterocycles. The Kier molecular flexibility index (Phi) is 8.11. The van der Waals surface area contributed by atoms with E-state index >= 15 is 0 Å². The lowest BCUT2D eigenvalue weighted by Crippen LogP contribution is -2.53. The predicted molar refractivity (Wildman–Crippen MR) is 156 cm³/mol. The van der Waals surface area contributed by atoms with Crippen LogP contribution in [0, 0.1) is 34.5 Å². The minimum atomic E-state index is -0.0761. The molecule has 0 radical (unpaired) electrons. The summed E-state index contributed by atoms with van der Waals surface area (Å²) in [5.74, 6) is 3.87. The van der Waals surface area contributed by atoms with Crippen LogP contribution >= 0.6 is 0 Å². The van der Waals surface area contributed by atoms with Crippen LogP contribution < -0.4 is 4.74 Å². The average molecular weight is 523 g/mol. The van der Waals surface area contributed by atoms with Crippen molar-refractivity contribution in [2.24, 2.45) is 34.5 Å². The maximum atomic E-state index is 6.94. The number of hydrogen-bond acceptors (Lipinski definition) is 3. The SMILES string of the molecule is COc1ccc(COC2CC[C@]3(C)C4=C(CC[C@H]3C2)[C@]2(C)OC[C@H]([C@H](C)CCCC(C)C)[C@@]2(C)CC4)cc1. The van der Waals surface area contributed by atoms with Gasteiger partial charge in [0.15, 0.2) is 0 Å². The Balaban J connectivity index is 1.26. The van der Waals surface area contributed by atoms with Crippen LogP contribution in [0.25, 0.3) is 0 Å². The van der Waals surface area contributed by atoms with Crippen molar-refractivity contribution < 1.29 is 14.2 Å². The third-order valence-electron chi connectivity index (χ3n) is 11.9. The van der Waals surface area contributed by atoms with Gasteiger partial charge in [-0.15, -0.1) is 0 Å². The summed E-state index contributed by atoms with van der Waals surface area (Å²) in [6.45, 7) is 16.5. The van der Waals surface area contributed by atoms with Crippen molar-refractivity contribution in [3.63, 3.8) is 0 Å². The molecule has 3 nitrogen and oxygen atoms in total. The first-order chi connectivity index (χ1) is 18.1. The summed E-state index contributed by atoms with van der Waals surface area (Å²) in [6.07, 6.45) is 13.2. The molecular weight excluding hydrogens is 468 g/mol. The second-order valence-corrected chi connectivity index (χ2v) is 14.3. The summed E-state index contributed by atoms with van der Waals surface area (Å²) in [5, 5.41) is 0. The molecule has 1 aromatic rings. The van der Waals surface area contributed by atoms with Crippen molar-refractivity contribution in [1.29, 1.82) is 0 Å². The van der Waals surface area contributed by atoms with Gasteiger partial charge in [-0.25, -0.2) is 0 Å². The monoisotopic (exact) mass is 522 g/mol. The van der Waals surface area contributed by atoms with Gasteiger partial charge in [0.05, 0.1) is 32.0 Å². The van der Waals surface area contributed by atoms with Crippen LogP contribution in [0.4, 0.5) is 0 Å². The van der Waals surface area contributed by atoms with Gasteiger partial charge < -0.3 is 14.2 Å². The molecule has 0 bridgehead atoms. The molecule has 1 aliphatic heterocycles. The molecule has 2 fully saturated rings. The molecule has 3 aliphatic carbocycles. The van der Waals surface area contributed by atoms with Crippen LogP contribution in [0.3, 0.4) is 0 Å². The Bertz CT molecular complexity index is 995. The number of ether oxygens (including phenoxy) is 3. The maximum Gasteiger partial charge on any atom is 0.118 e. The molecule has 7 atom stereocenters. The molecule has 0 amide bonds. The van der Waals surface area contributed by atoms with E-state index < -0.39 is 0 Å². The molecule has 5 rings (SSSR count). The van der Waals surface area contributed by atoms with E-state index in [2.05, 4.69) is 53.7 Å². The molecule has 4 aliphatic rings. The lowest BCUT2D eigenvalue weighted by molar-refractivity contribution is -0.0598. The van der Waals surface area contributed by atoms with Gasteiger partial charge in [0.25, 0.3) is 0 Å². The molecule has 1 saturated carbocycles. The predicted octanol–water partition coefficient (Wildman–Crippen LogP) is 9.14. The zero-order valence-corrected chi connectivity index (χ0v) is 25.4. The van der Waals surface area contributed by atoms with Crippen LogP contribution in [0.15, 0.2) is 35.4 Å². The van der Waals surface area contributed by atoms with E-state index in [4.69, 9.17) is 14.2 Å². The first kappa shape index (κ1) is 28.2. The Labute approximate surface area is 233 Å². The fraction of sp³-hybridized carbons (Fsp3) is 0.771. The number of hydrogen-bond donors (Lipinski definition) is 0. The van der Waals surface area contributed by atoms with Crippen molar-refractivity contribution >= 4 is 0 Å². The zero-order chi connectivity index (χ0) is 27.1. The van der Waals surface area contributed by atoms with E-state index in [0.717, 1.165) is 30.1 Å². The summed E-state index contributed by atoms with van der Waals surface area (Å²) in [7, 11) is 1.72. The maximum absolute atomic E-state index is 6.94. The first-order valence-corrected chi connectivity index (χ1v) is 15.7. The highest BCUT2D eigenvalue weighted by Gasteiger charge is 2.63. The van der Waals surface area contributed by atoms with Crippen molar-refractivity contribution in [2.75, 3.05) is 13.7 Å². The van der Waals surface area contributed by atoms with Crippen LogP contribution in [0.2, 0.25) is 0 Å². The second-order valence-electron chi connectivity index (χ2n) is 14.3. The summed E-state index contributed by atoms with van der Waals surface area (Å²) in [6, 6.07) is 8.32. The number of methoxy groups -OCH3 is 1. The molecule has 1 unspecified atom stereocenters. The van der Waals surface area contributed by atoms with Gasteiger partial charge in [0.2, 0.25) is 0 Å². The lowest BCUT2D eigenvalue weighted by Gasteiger charge is -2.57. The minimum Gasteiger partial charge on any atom is -0.497 e. The summed E-state index contributed by atoms with van der Waals surface area (Å²) in [5.41, 5.74) is 5.24. The van der Waals surface area contributed by atoms with Gasteiger partial charge in [-0.1, -0.05) is 71.6 Å². The smallest absolute Gasteiger partial charge is 0.118 e. The molecule has 0 spiro atoms. The standard InChI is InChI=1S/C35H54O3/c1-24(2)9-8-10-25(3)32-23-38-35(6)31-16-13-27-21-29(37-22-26-11-14-28(36-7)15-12-26)17-19-33(27,4)30(31)18-20-34(32,35)5/h11-12,14-15,24-25,27,29,32H,8-10,13,16-23H2,1-7H3/t25-,27+,29?,32-,33+,34-,35+/m1/s1. The van der Waals surface area contributed by atoms with Gasteiger partial charge in [-0.2, -0.15) is 0 Å². The Morgan fingerprint density at radius 1 is 0.947 bits per heavy atom. The topological polar surface area (TPSA) is 27.7 Å². The van der Waals surface area contributed by atoms with E-state index in [-0.39, 0.29) is 11.0 Å². The van der Waals surface area contributed by atoms with E-state index in [9.17, 15) is 0 Å². The van der Waals surface area contributed by atoms with Gasteiger partial charge in [0.1, 0.15) is 5.75 Å². The highest BCUT2D eigenvalue weighted by molar-refractivity contribution is 5.39. The summed E-state index contributed by atoms with van der Waals surface area (Å²) >= 11 is 0. The zero-order valence-electron chi connectivity index (χ0n) is 25.4. The number of rotatable bonds is 9. The number of fused-ring (bicyclic) bond motifs is 4. The molecule has 3 heteroatoms. The van der Waals surface area contributed by atoms with E-state index in [0.29, 0.717) is 24.0 Å². The molecular formula is C35H54O3. The number of allylic oxidation sites excluding steroid dienone is 1. The van der Waals surface area contributed by atoms with Crippen LogP contribution in [0.5, 0.6) is 5.75 Å². The Hall–Kier alpha value is -1.32. The summed E-state index contributed by atoms with van der Waals surface area (Å²) < 4.78 is 18.7. The van der Waals surface area contributed by atoms with Gasteiger partial charge in [-0.05, 0) is 104 Å². The van der Waals surface area contributed by atoms with Crippen molar-refractivity contribution in [3.8, 4) is 5.75 Å². The van der Waals surface area contributed by atoms with Crippen molar-refractivity contribution in [2.45, 2.75) is 124 Å². The first-order valence-electron chi connectivity index (χ1n) is 15.7. The largest absolute Gasteiger partial charge is 0.497 e. The van der Waals surface area contributed by atoms with E-state index in [1.807, 2.05) is 12.1 Å². The third kappa shape index (κ3) is 4.89. The van der Waals surface area contributed by atoms with Crippen LogP contribution in [-0.2, 0) is 16.1 Å². The summed E-state index contributed by atoms with van der Waals surface area (Å²) in [4.78, 5) is 0. The van der Waals surface area contributed by atoms with Crippen LogP contribution in [0.1, 0.15) is 111 Å². The van der Waals surface area contributed by atoms with Gasteiger partial charge >= 0.3 is 0 Å². The lowest BCUT2D eigenvalue weighted by atomic mass is 9.48. The molecule has 1 heterocycles. The van der Waals surface area contributed by atoms with E-state index in [1.165, 1.54) is 69.8 Å². The number of benzene rings is 1. The fourth-order valence-corrected chi connectivity index (χ4v) is 9.10. The van der Waals surface area contributed by atoms with E-state index in [1.54, 1.807) is 18.3 Å². The normalized spacial score (nSPS) is 37.5. The molecule has 0 aromatic heterocycles. The average Bonchev–Trinajstić information content (AvgIpc) is 3.18. The molecule has 212 valence electrons. The van der Waals surface area contributed by atoms with Gasteiger partial charge in [0, 0.05) is 5.41 Å². The van der Waals surface area contributed by atoms with Gasteiger partial charge in [-0.3, -0.25) is 0 Å². The molecule has 38 heavy (non-hydrogen) atoms. The second kappa shape index (κ2) is 10.9. The Morgan fingerprint density at radius 3 is 2.42 bits per heavy atom. The highest BCUT2D eigenvalue weighted by Crippen LogP contribution is 2.66. The third-order valence-corrected chi connectivity index (χ3v) is 11.9. The Morgan fingerprint density at radius 2 is 1.71 bits per heavy atom. The van der Waals surface area contributed by atoms with Crippen molar-refractivity contribution in [3.05, 3.63) is 41.0 Å². The minimum absolute atomic E-state index is 0.0761. The highest BCUT2D eigenvalue weighted by atomic mass is 16.5.